The lowest BCUT2D eigenvalue weighted by molar-refractivity contribution is 0.448. The van der Waals surface area contributed by atoms with E-state index in [-0.39, 0.29) is 6.04 Å². The minimum Gasteiger partial charge on any atom is -0.368 e. The van der Waals surface area contributed by atoms with Crippen molar-refractivity contribution >= 4 is 5.69 Å². The Morgan fingerprint density at radius 3 is 2.80 bits per heavy atom. The van der Waals surface area contributed by atoms with E-state index in [4.69, 9.17) is 5.73 Å². The molecule has 112 valence electrons. The van der Waals surface area contributed by atoms with Crippen LogP contribution in [0.4, 0.5) is 5.69 Å². The Morgan fingerprint density at radius 2 is 2.10 bits per heavy atom. The summed E-state index contributed by atoms with van der Waals surface area (Å²) in [5.41, 5.74) is 10.4. The average Bonchev–Trinajstić information content (AvgIpc) is 2.47. The SMILES string of the molecule is CCC(N)Cc1cc(C)ccc1N1CCCCC1CC. The lowest BCUT2D eigenvalue weighted by Crippen LogP contribution is -2.40. The number of benzene rings is 1. The Bertz CT molecular complexity index is 427. The Kier molecular flexibility index (Phi) is 5.47. The quantitative estimate of drug-likeness (QED) is 0.878. The van der Waals surface area contributed by atoms with Crippen LogP contribution in [0.2, 0.25) is 0 Å². The Balaban J connectivity index is 2.29. The van der Waals surface area contributed by atoms with Gasteiger partial charge in [-0.1, -0.05) is 31.5 Å². The summed E-state index contributed by atoms with van der Waals surface area (Å²) < 4.78 is 0. The van der Waals surface area contributed by atoms with Crippen molar-refractivity contribution in [2.24, 2.45) is 5.73 Å². The predicted octanol–water partition coefficient (Wildman–Crippen LogP) is 4.04. The molecule has 2 N–H and O–H groups in total. The third kappa shape index (κ3) is 3.54. The third-order valence-corrected chi connectivity index (χ3v) is 4.65. The van der Waals surface area contributed by atoms with Gasteiger partial charge in [0.05, 0.1) is 0 Å². The fraction of sp³-hybridized carbons (Fsp3) is 0.667. The van der Waals surface area contributed by atoms with Crippen LogP contribution in [0, 0.1) is 6.92 Å². The van der Waals surface area contributed by atoms with Gasteiger partial charge < -0.3 is 10.6 Å². The second kappa shape index (κ2) is 7.12. The molecule has 1 fully saturated rings. The summed E-state index contributed by atoms with van der Waals surface area (Å²) in [7, 11) is 0. The number of aryl methyl sites for hydroxylation is 1. The van der Waals surface area contributed by atoms with Crippen molar-refractivity contribution in [1.82, 2.24) is 0 Å². The van der Waals surface area contributed by atoms with Crippen LogP contribution >= 0.6 is 0 Å². The van der Waals surface area contributed by atoms with Crippen LogP contribution in [0.25, 0.3) is 0 Å². The molecule has 0 spiro atoms. The Hall–Kier alpha value is -1.02. The minimum atomic E-state index is 0.278. The van der Waals surface area contributed by atoms with Gasteiger partial charge in [0, 0.05) is 24.3 Å². The first kappa shape index (κ1) is 15.4. The molecule has 0 radical (unpaired) electrons. The van der Waals surface area contributed by atoms with Gasteiger partial charge in [0.2, 0.25) is 0 Å². The summed E-state index contributed by atoms with van der Waals surface area (Å²) in [5, 5.41) is 0. The molecule has 0 aromatic heterocycles. The van der Waals surface area contributed by atoms with Crippen molar-refractivity contribution in [3.05, 3.63) is 29.3 Å². The van der Waals surface area contributed by atoms with E-state index < -0.39 is 0 Å². The molecular formula is C18H30N2. The lowest BCUT2D eigenvalue weighted by atomic mass is 9.95. The van der Waals surface area contributed by atoms with Crippen LogP contribution in [0.5, 0.6) is 0 Å². The zero-order chi connectivity index (χ0) is 14.5. The highest BCUT2D eigenvalue weighted by Gasteiger charge is 2.23. The van der Waals surface area contributed by atoms with Gasteiger partial charge in [-0.15, -0.1) is 0 Å². The van der Waals surface area contributed by atoms with Crippen LogP contribution in [0.3, 0.4) is 0 Å². The van der Waals surface area contributed by atoms with E-state index in [0.717, 1.165) is 12.8 Å². The largest absolute Gasteiger partial charge is 0.368 e. The van der Waals surface area contributed by atoms with Crippen LogP contribution in [-0.2, 0) is 6.42 Å². The first-order chi connectivity index (χ1) is 9.65. The molecule has 0 bridgehead atoms. The molecule has 2 atom stereocenters. The molecule has 20 heavy (non-hydrogen) atoms. The Labute approximate surface area is 124 Å². The average molecular weight is 274 g/mol. The van der Waals surface area contributed by atoms with E-state index in [9.17, 15) is 0 Å². The molecule has 0 amide bonds. The fourth-order valence-electron chi connectivity index (χ4n) is 3.33. The molecule has 2 rings (SSSR count). The standard InChI is InChI=1S/C18H30N2/c1-4-16(19)13-15-12-14(3)9-10-18(15)20-11-7-6-8-17(20)5-2/h9-10,12,16-17H,4-8,11,13,19H2,1-3H3. The van der Waals surface area contributed by atoms with Gasteiger partial charge in [-0.05, 0) is 57.1 Å². The van der Waals surface area contributed by atoms with Crippen LogP contribution < -0.4 is 10.6 Å². The molecule has 2 unspecified atom stereocenters. The number of anilines is 1. The van der Waals surface area contributed by atoms with E-state index in [1.165, 1.54) is 49.0 Å². The molecule has 2 heteroatoms. The summed E-state index contributed by atoms with van der Waals surface area (Å²) in [6, 6.07) is 7.90. The zero-order valence-electron chi connectivity index (χ0n) is 13.4. The summed E-state index contributed by atoms with van der Waals surface area (Å²) in [6.07, 6.45) is 7.33. The van der Waals surface area contributed by atoms with E-state index >= 15 is 0 Å². The van der Waals surface area contributed by atoms with Crippen molar-refractivity contribution < 1.29 is 0 Å². The topological polar surface area (TPSA) is 29.3 Å². The Morgan fingerprint density at radius 1 is 1.30 bits per heavy atom. The first-order valence-electron chi connectivity index (χ1n) is 8.27. The second-order valence-electron chi connectivity index (χ2n) is 6.26. The number of hydrogen-bond donors (Lipinski definition) is 1. The highest BCUT2D eigenvalue weighted by molar-refractivity contribution is 5.56. The molecule has 2 nitrogen and oxygen atoms in total. The van der Waals surface area contributed by atoms with Gasteiger partial charge in [0.15, 0.2) is 0 Å². The summed E-state index contributed by atoms with van der Waals surface area (Å²) in [6.45, 7) is 7.87. The van der Waals surface area contributed by atoms with Gasteiger partial charge in [0.1, 0.15) is 0 Å². The zero-order valence-corrected chi connectivity index (χ0v) is 13.4. The summed E-state index contributed by atoms with van der Waals surface area (Å²) >= 11 is 0. The van der Waals surface area contributed by atoms with Crippen LogP contribution in [0.1, 0.15) is 57.1 Å². The number of hydrogen-bond acceptors (Lipinski definition) is 2. The van der Waals surface area contributed by atoms with Crippen molar-refractivity contribution in [3.63, 3.8) is 0 Å². The highest BCUT2D eigenvalue weighted by atomic mass is 15.2. The maximum atomic E-state index is 6.20. The van der Waals surface area contributed by atoms with Gasteiger partial charge >= 0.3 is 0 Å². The number of rotatable bonds is 5. The van der Waals surface area contributed by atoms with Gasteiger partial charge in [0.25, 0.3) is 0 Å². The molecule has 1 aliphatic heterocycles. The van der Waals surface area contributed by atoms with Gasteiger partial charge in [-0.25, -0.2) is 0 Å². The normalized spacial score (nSPS) is 21.0. The van der Waals surface area contributed by atoms with Gasteiger partial charge in [-0.3, -0.25) is 0 Å². The smallest absolute Gasteiger partial charge is 0.0402 e. The van der Waals surface area contributed by atoms with Gasteiger partial charge in [-0.2, -0.15) is 0 Å². The molecule has 0 aliphatic carbocycles. The van der Waals surface area contributed by atoms with E-state index in [1.54, 1.807) is 0 Å². The second-order valence-corrected chi connectivity index (χ2v) is 6.26. The summed E-state index contributed by atoms with van der Waals surface area (Å²) in [5.74, 6) is 0. The fourth-order valence-corrected chi connectivity index (χ4v) is 3.33. The lowest BCUT2D eigenvalue weighted by Gasteiger charge is -2.38. The van der Waals surface area contributed by atoms with Crippen LogP contribution in [0.15, 0.2) is 18.2 Å². The molecule has 1 aliphatic rings. The first-order valence-corrected chi connectivity index (χ1v) is 8.27. The van der Waals surface area contributed by atoms with Crippen molar-refractivity contribution in [1.29, 1.82) is 0 Å². The van der Waals surface area contributed by atoms with Crippen molar-refractivity contribution in [2.45, 2.75) is 71.4 Å². The molecule has 1 saturated heterocycles. The molecule has 1 heterocycles. The maximum Gasteiger partial charge on any atom is 0.0402 e. The monoisotopic (exact) mass is 274 g/mol. The van der Waals surface area contributed by atoms with Crippen molar-refractivity contribution in [2.75, 3.05) is 11.4 Å². The number of nitrogens with zero attached hydrogens (tertiary/aromatic N) is 1. The van der Waals surface area contributed by atoms with E-state index in [2.05, 4.69) is 43.9 Å². The van der Waals surface area contributed by atoms with E-state index in [1.807, 2.05) is 0 Å². The molecule has 1 aromatic carbocycles. The third-order valence-electron chi connectivity index (χ3n) is 4.65. The molecule has 0 saturated carbocycles. The van der Waals surface area contributed by atoms with Crippen LogP contribution in [-0.4, -0.2) is 18.6 Å². The molecule has 1 aromatic rings. The number of piperidine rings is 1. The van der Waals surface area contributed by atoms with E-state index in [0.29, 0.717) is 6.04 Å². The number of nitrogens with two attached hydrogens (primary N) is 1. The minimum absolute atomic E-state index is 0.278. The molecular weight excluding hydrogens is 244 g/mol. The predicted molar refractivity (Wildman–Crippen MR) is 88.4 cm³/mol. The highest BCUT2D eigenvalue weighted by Crippen LogP contribution is 2.30. The summed E-state index contributed by atoms with van der Waals surface area (Å²) in [4.78, 5) is 2.64. The van der Waals surface area contributed by atoms with Crippen molar-refractivity contribution in [3.8, 4) is 0 Å². The maximum absolute atomic E-state index is 6.20.